The Morgan fingerprint density at radius 3 is 2.70 bits per heavy atom. The molecule has 224 valence electrons. The maximum Gasteiger partial charge on any atom is 0.416 e. The lowest BCUT2D eigenvalue weighted by atomic mass is 9.92. The number of methoxy groups -OCH3 is 1. The second kappa shape index (κ2) is 10.9. The van der Waals surface area contributed by atoms with Crippen LogP contribution >= 0.6 is 23.2 Å². The largest absolute Gasteiger partial charge is 0.496 e. The summed E-state index contributed by atoms with van der Waals surface area (Å²) in [4.78, 5) is 40.4. The highest BCUT2D eigenvalue weighted by Gasteiger charge is 2.39. The zero-order valence-corrected chi connectivity index (χ0v) is 24.1. The quantitative estimate of drug-likeness (QED) is 0.283. The molecule has 15 heteroatoms. The van der Waals surface area contributed by atoms with Gasteiger partial charge in [0.05, 0.1) is 29.5 Å². The summed E-state index contributed by atoms with van der Waals surface area (Å²) in [7, 11) is 1.39. The lowest BCUT2D eigenvalue weighted by Crippen LogP contribution is -2.41. The predicted molar refractivity (Wildman–Crippen MR) is 153 cm³/mol. The highest BCUT2D eigenvalue weighted by atomic mass is 35.5. The van der Waals surface area contributed by atoms with Crippen LogP contribution in [0.25, 0.3) is 16.8 Å². The molecule has 4 aromatic rings. The number of nitrogens with two attached hydrogens (primary N) is 1. The molecule has 2 unspecified atom stereocenters. The third kappa shape index (κ3) is 5.20. The smallest absolute Gasteiger partial charge is 0.416 e. The highest BCUT2D eigenvalue weighted by molar-refractivity contribution is 6.35. The number of anilines is 2. The van der Waals surface area contributed by atoms with E-state index in [2.05, 4.69) is 15.3 Å². The number of pyridine rings is 1. The Balaban J connectivity index is 1.40. The normalized spacial score (nSPS) is 18.7. The van der Waals surface area contributed by atoms with Gasteiger partial charge in [-0.1, -0.05) is 23.2 Å². The summed E-state index contributed by atoms with van der Waals surface area (Å²) in [5.74, 6) is -0.193. The second-order valence-electron chi connectivity index (χ2n) is 10.4. The number of carbonyl (C=O) groups is 2. The van der Waals surface area contributed by atoms with E-state index in [-0.39, 0.29) is 51.0 Å². The number of ether oxygens (including phenoxy) is 1. The third-order valence-electron chi connectivity index (χ3n) is 7.87. The Labute approximate surface area is 253 Å². The predicted octanol–water partition coefficient (Wildman–Crippen LogP) is 5.83. The summed E-state index contributed by atoms with van der Waals surface area (Å²) in [6.07, 6.45) is 0.745. The van der Waals surface area contributed by atoms with Crippen LogP contribution in [0.2, 0.25) is 10.2 Å². The molecule has 1 aromatic carbocycles. The van der Waals surface area contributed by atoms with E-state index in [1.807, 2.05) is 4.90 Å². The van der Waals surface area contributed by atoms with Crippen molar-refractivity contribution in [3.05, 3.63) is 63.8 Å². The zero-order chi connectivity index (χ0) is 30.6. The fraction of sp³-hybridized carbons (Fsp3) is 0.321. The summed E-state index contributed by atoms with van der Waals surface area (Å²) >= 11 is 13.2. The SMILES string of the molecule is COc1cc(C(=O)Nc2cc(C(F)(F)F)ccn2)c(Cl)cc1-c1nc(C2CCC3CCC(=O)N3C2)n2c(Cl)cnc(N)c12. The molecular formula is C28H24Cl2F3N7O3. The van der Waals surface area contributed by atoms with E-state index < -0.39 is 17.6 Å². The van der Waals surface area contributed by atoms with Crippen LogP contribution in [0.15, 0.2) is 36.7 Å². The summed E-state index contributed by atoms with van der Waals surface area (Å²) in [5, 5.41) is 2.59. The van der Waals surface area contributed by atoms with E-state index in [1.54, 1.807) is 4.40 Å². The average molecular weight is 634 g/mol. The topological polar surface area (TPSA) is 128 Å². The monoisotopic (exact) mass is 633 g/mol. The van der Waals surface area contributed by atoms with Gasteiger partial charge in [-0.05, 0) is 43.5 Å². The fourth-order valence-corrected chi connectivity index (χ4v) is 6.28. The first-order valence-corrected chi connectivity index (χ1v) is 14.1. The Kier molecular flexibility index (Phi) is 7.33. The molecule has 0 bridgehead atoms. The van der Waals surface area contributed by atoms with Gasteiger partial charge in [0.2, 0.25) is 5.91 Å². The van der Waals surface area contributed by atoms with E-state index in [0.717, 1.165) is 37.6 Å². The molecule has 3 N–H and O–H groups in total. The standard InChI is InChI=1S/C28H24Cl2F3N7O3/c1-43-19-10-16(27(42)37-21-8-14(6-7-35-21)28(31,32)33)18(29)9-17(19)23-24-25(34)36-11-20(30)40(24)26(38-23)13-2-3-15-4-5-22(41)39(15)12-13/h6-11,13,15H,2-5,12H2,1H3,(H2,34,36)(H,35,37,42). The van der Waals surface area contributed by atoms with Gasteiger partial charge in [-0.3, -0.25) is 14.0 Å². The van der Waals surface area contributed by atoms with E-state index >= 15 is 0 Å². The van der Waals surface area contributed by atoms with Crippen LogP contribution in [0.4, 0.5) is 24.8 Å². The number of hydrogen-bond donors (Lipinski definition) is 2. The lowest BCUT2D eigenvalue weighted by molar-refractivity contribution is -0.137. The molecular weight excluding hydrogens is 610 g/mol. The molecule has 10 nitrogen and oxygen atoms in total. The summed E-state index contributed by atoms with van der Waals surface area (Å²) in [5.41, 5.74) is 6.43. The molecule has 3 aromatic heterocycles. The fourth-order valence-electron chi connectivity index (χ4n) is 5.81. The van der Waals surface area contributed by atoms with Gasteiger partial charge < -0.3 is 20.7 Å². The minimum Gasteiger partial charge on any atom is -0.496 e. The number of alkyl halides is 3. The first-order chi connectivity index (χ1) is 20.5. The number of nitrogens with zero attached hydrogens (tertiary/aromatic N) is 5. The molecule has 2 aliphatic rings. The Bertz CT molecular complexity index is 1780. The van der Waals surface area contributed by atoms with Crippen LogP contribution in [-0.4, -0.2) is 55.8 Å². The van der Waals surface area contributed by atoms with Crippen molar-refractivity contribution >= 4 is 52.2 Å². The van der Waals surface area contributed by atoms with Gasteiger partial charge in [0.25, 0.3) is 5.91 Å². The molecule has 43 heavy (non-hydrogen) atoms. The van der Waals surface area contributed by atoms with Gasteiger partial charge in [0, 0.05) is 36.7 Å². The van der Waals surface area contributed by atoms with Gasteiger partial charge in [-0.25, -0.2) is 15.0 Å². The number of imidazole rings is 1. The molecule has 2 aliphatic heterocycles. The van der Waals surface area contributed by atoms with Crippen molar-refractivity contribution in [3.8, 4) is 17.0 Å². The number of rotatable bonds is 5. The lowest BCUT2D eigenvalue weighted by Gasteiger charge is -2.34. The Hall–Kier alpha value is -4.10. The number of halogens is 5. The molecule has 0 spiro atoms. The number of benzene rings is 1. The van der Waals surface area contributed by atoms with E-state index in [1.165, 1.54) is 25.4 Å². The molecule has 2 fully saturated rings. The third-order valence-corrected chi connectivity index (χ3v) is 8.45. The number of fused-ring (bicyclic) bond motifs is 2. The van der Waals surface area contributed by atoms with Crippen molar-refractivity contribution < 1.29 is 27.5 Å². The van der Waals surface area contributed by atoms with Gasteiger partial charge in [0.15, 0.2) is 0 Å². The number of carbonyl (C=O) groups excluding carboxylic acids is 2. The molecule has 2 saturated heterocycles. The maximum absolute atomic E-state index is 13.1. The molecule has 5 heterocycles. The molecule has 2 atom stereocenters. The molecule has 0 radical (unpaired) electrons. The zero-order valence-electron chi connectivity index (χ0n) is 22.6. The molecule has 0 saturated carbocycles. The van der Waals surface area contributed by atoms with Crippen molar-refractivity contribution in [3.63, 3.8) is 0 Å². The van der Waals surface area contributed by atoms with Crippen molar-refractivity contribution in [2.75, 3.05) is 24.7 Å². The molecule has 0 aliphatic carbocycles. The number of aromatic nitrogens is 4. The maximum atomic E-state index is 13.1. The summed E-state index contributed by atoms with van der Waals surface area (Å²) in [6, 6.07) is 4.56. The first-order valence-electron chi connectivity index (χ1n) is 13.3. The summed E-state index contributed by atoms with van der Waals surface area (Å²) < 4.78 is 46.7. The van der Waals surface area contributed by atoms with Crippen LogP contribution in [0.5, 0.6) is 5.75 Å². The minimum absolute atomic E-state index is 0.0280. The van der Waals surface area contributed by atoms with Crippen LogP contribution in [0, 0.1) is 0 Å². The van der Waals surface area contributed by atoms with E-state index in [9.17, 15) is 22.8 Å². The van der Waals surface area contributed by atoms with Crippen molar-refractivity contribution in [2.24, 2.45) is 0 Å². The second-order valence-corrected chi connectivity index (χ2v) is 11.2. The van der Waals surface area contributed by atoms with Crippen LogP contribution in [-0.2, 0) is 11.0 Å². The van der Waals surface area contributed by atoms with Crippen molar-refractivity contribution in [1.82, 2.24) is 24.3 Å². The van der Waals surface area contributed by atoms with Crippen LogP contribution in [0.3, 0.4) is 0 Å². The van der Waals surface area contributed by atoms with Gasteiger partial charge >= 0.3 is 6.18 Å². The van der Waals surface area contributed by atoms with Gasteiger partial charge in [-0.2, -0.15) is 13.2 Å². The molecule has 6 rings (SSSR count). The minimum atomic E-state index is -4.61. The first kappa shape index (κ1) is 29.0. The van der Waals surface area contributed by atoms with E-state index in [0.29, 0.717) is 35.6 Å². The van der Waals surface area contributed by atoms with Gasteiger partial charge in [-0.15, -0.1) is 0 Å². The van der Waals surface area contributed by atoms with Crippen molar-refractivity contribution in [1.29, 1.82) is 0 Å². The molecule has 2 amide bonds. The number of nitrogen functional groups attached to an aromatic ring is 1. The number of amides is 2. The average Bonchev–Trinajstić information content (AvgIpc) is 3.56. The number of piperidine rings is 1. The van der Waals surface area contributed by atoms with Crippen LogP contribution in [0.1, 0.15) is 53.3 Å². The number of hydrogen-bond acceptors (Lipinski definition) is 7. The van der Waals surface area contributed by atoms with Gasteiger partial charge in [0.1, 0.15) is 39.6 Å². The Morgan fingerprint density at radius 2 is 1.95 bits per heavy atom. The van der Waals surface area contributed by atoms with Crippen LogP contribution < -0.4 is 15.8 Å². The number of nitrogens with one attached hydrogen (secondary N) is 1. The summed E-state index contributed by atoms with van der Waals surface area (Å²) in [6.45, 7) is 0.487. The van der Waals surface area contributed by atoms with E-state index in [4.69, 9.17) is 38.7 Å². The van der Waals surface area contributed by atoms with Crippen molar-refractivity contribution in [2.45, 2.75) is 43.8 Å². The Morgan fingerprint density at radius 1 is 1.16 bits per heavy atom. The highest BCUT2D eigenvalue weighted by Crippen LogP contribution is 2.42.